The Balaban J connectivity index is 1.33. The molecule has 0 saturated carbocycles. The summed E-state index contributed by atoms with van der Waals surface area (Å²) >= 11 is 0. The maximum absolute atomic E-state index is 10.7. The van der Waals surface area contributed by atoms with Gasteiger partial charge in [-0.05, 0) is 60.2 Å². The third-order valence-electron chi connectivity index (χ3n) is 9.76. The molecule has 0 saturated heterocycles. The number of para-hydroxylation sites is 5. The maximum atomic E-state index is 10.7. The largest absolute Gasteiger partial charge is 0.454 e. The number of nitrogens with zero attached hydrogens (tertiary/aromatic N) is 4. The van der Waals surface area contributed by atoms with Crippen LogP contribution in [-0.2, 0) is 0 Å². The zero-order valence-corrected chi connectivity index (χ0v) is 26.1. The van der Waals surface area contributed by atoms with Gasteiger partial charge in [-0.1, -0.05) is 91.0 Å². The van der Waals surface area contributed by atoms with Crippen LogP contribution in [0, 0.1) is 22.7 Å². The van der Waals surface area contributed by atoms with Crippen molar-refractivity contribution >= 4 is 65.6 Å². The fraction of sp³-hybridized carbons (Fsp3) is 0. The van der Waals surface area contributed by atoms with E-state index in [1.807, 2.05) is 72.8 Å². The van der Waals surface area contributed by atoms with E-state index in [4.69, 9.17) is 4.42 Å². The monoisotopic (exact) mass is 624 g/mol. The van der Waals surface area contributed by atoms with Gasteiger partial charge in [0.2, 0.25) is 0 Å². The van der Waals surface area contributed by atoms with Gasteiger partial charge in [-0.2, -0.15) is 10.5 Å². The van der Waals surface area contributed by atoms with Gasteiger partial charge in [-0.15, -0.1) is 0 Å². The first-order chi connectivity index (χ1) is 24.2. The number of aromatic nitrogens is 2. The van der Waals surface area contributed by atoms with Crippen molar-refractivity contribution in [1.82, 2.24) is 9.13 Å². The Morgan fingerprint density at radius 3 is 1.80 bits per heavy atom. The van der Waals surface area contributed by atoms with Crippen LogP contribution in [-0.4, -0.2) is 9.13 Å². The molecule has 0 aliphatic carbocycles. The Morgan fingerprint density at radius 2 is 1.10 bits per heavy atom. The molecule has 3 heterocycles. The van der Waals surface area contributed by atoms with E-state index in [0.29, 0.717) is 11.1 Å². The fourth-order valence-electron chi connectivity index (χ4n) is 7.73. The minimum atomic E-state index is 0.522. The lowest BCUT2D eigenvalue weighted by Gasteiger charge is -2.17. The van der Waals surface area contributed by atoms with Gasteiger partial charge in [0.1, 0.15) is 11.7 Å². The molecular formula is C44H24N4O. The Bertz CT molecular complexity index is 3030. The number of fused-ring (bicyclic) bond motifs is 10. The SMILES string of the molecule is N#Cc1cc(-c2cccc(C#N)c2-n2c3ccccc3c3ccc4c5ccccc5oc4c32)cc(-n2c3ccccc3c3ccccc32)c1. The highest BCUT2D eigenvalue weighted by Crippen LogP contribution is 2.43. The van der Waals surface area contributed by atoms with Crippen molar-refractivity contribution in [1.29, 1.82) is 10.5 Å². The van der Waals surface area contributed by atoms with Crippen molar-refractivity contribution in [3.63, 3.8) is 0 Å². The van der Waals surface area contributed by atoms with Crippen molar-refractivity contribution in [2.45, 2.75) is 0 Å². The third kappa shape index (κ3) is 3.79. The van der Waals surface area contributed by atoms with Crippen LogP contribution in [0.4, 0.5) is 0 Å². The van der Waals surface area contributed by atoms with Crippen LogP contribution < -0.4 is 0 Å². The number of rotatable bonds is 3. The quantitative estimate of drug-likeness (QED) is 0.196. The summed E-state index contributed by atoms with van der Waals surface area (Å²) in [4.78, 5) is 0. The number of nitriles is 2. The van der Waals surface area contributed by atoms with Crippen molar-refractivity contribution in [2.75, 3.05) is 0 Å². The first-order valence-corrected chi connectivity index (χ1v) is 16.1. The third-order valence-corrected chi connectivity index (χ3v) is 9.76. The van der Waals surface area contributed by atoms with Gasteiger partial charge in [-0.25, -0.2) is 0 Å². The highest BCUT2D eigenvalue weighted by atomic mass is 16.3. The van der Waals surface area contributed by atoms with Crippen LogP contribution in [0.15, 0.2) is 150 Å². The van der Waals surface area contributed by atoms with E-state index < -0.39 is 0 Å². The molecule has 0 amide bonds. The molecule has 49 heavy (non-hydrogen) atoms. The van der Waals surface area contributed by atoms with Crippen molar-refractivity contribution < 1.29 is 4.42 Å². The van der Waals surface area contributed by atoms with E-state index in [2.05, 4.69) is 94.1 Å². The predicted octanol–water partition coefficient (Wildman–Crippen LogP) is 11.2. The Labute approximate surface area is 280 Å². The average Bonchev–Trinajstić information content (AvgIpc) is 3.82. The number of hydrogen-bond acceptors (Lipinski definition) is 3. The topological polar surface area (TPSA) is 70.6 Å². The van der Waals surface area contributed by atoms with E-state index in [9.17, 15) is 10.5 Å². The summed E-state index contributed by atoms with van der Waals surface area (Å²) in [6.07, 6.45) is 0. The lowest BCUT2D eigenvalue weighted by Crippen LogP contribution is -2.02. The Kier molecular flexibility index (Phi) is 5.64. The molecule has 0 fully saturated rings. The Hall–Kier alpha value is -7.08. The lowest BCUT2D eigenvalue weighted by molar-refractivity contribution is 0.671. The summed E-state index contributed by atoms with van der Waals surface area (Å²) in [5.41, 5.74) is 9.92. The second-order valence-electron chi connectivity index (χ2n) is 12.4. The van der Waals surface area contributed by atoms with Crippen LogP contribution in [0.2, 0.25) is 0 Å². The highest BCUT2D eigenvalue weighted by Gasteiger charge is 2.23. The normalized spacial score (nSPS) is 11.6. The van der Waals surface area contributed by atoms with Gasteiger partial charge in [0.15, 0.2) is 5.58 Å². The van der Waals surface area contributed by atoms with Gasteiger partial charge >= 0.3 is 0 Å². The first-order valence-electron chi connectivity index (χ1n) is 16.1. The standard InChI is InChI=1S/C44H24N4O/c45-25-27-22-29(24-30(23-27)47-38-16-5-1-11-32(38)33-12-2-6-17-39(33)47)31-15-9-10-28(26-46)42(31)48-40-18-7-3-13-34(40)36-20-21-37-35-14-4-8-19-41(35)49-44(37)43(36)48/h1-24H. The molecule has 3 aromatic heterocycles. The number of furan rings is 1. The molecule has 0 aliphatic rings. The van der Waals surface area contributed by atoms with Crippen LogP contribution in [0.3, 0.4) is 0 Å². The summed E-state index contributed by atoms with van der Waals surface area (Å²) in [6, 6.07) is 54.1. The molecule has 0 aliphatic heterocycles. The summed E-state index contributed by atoms with van der Waals surface area (Å²) in [5.74, 6) is 0. The molecule has 0 atom stereocenters. The molecule has 5 heteroatoms. The van der Waals surface area contributed by atoms with Crippen LogP contribution >= 0.6 is 0 Å². The maximum Gasteiger partial charge on any atom is 0.160 e. The molecular weight excluding hydrogens is 601 g/mol. The minimum Gasteiger partial charge on any atom is -0.454 e. The summed E-state index contributed by atoms with van der Waals surface area (Å²) < 4.78 is 11.0. The fourth-order valence-corrected chi connectivity index (χ4v) is 7.73. The van der Waals surface area contributed by atoms with Gasteiger partial charge in [-0.3, -0.25) is 0 Å². The van der Waals surface area contributed by atoms with Crippen LogP contribution in [0.5, 0.6) is 0 Å². The number of hydrogen-bond donors (Lipinski definition) is 0. The smallest absolute Gasteiger partial charge is 0.160 e. The van der Waals surface area contributed by atoms with E-state index in [0.717, 1.165) is 88.1 Å². The van der Waals surface area contributed by atoms with E-state index in [1.54, 1.807) is 0 Å². The van der Waals surface area contributed by atoms with E-state index in [1.165, 1.54) is 0 Å². The van der Waals surface area contributed by atoms with Gasteiger partial charge in [0.05, 0.1) is 45.0 Å². The molecule has 0 radical (unpaired) electrons. The lowest BCUT2D eigenvalue weighted by atomic mass is 9.97. The van der Waals surface area contributed by atoms with Crippen molar-refractivity contribution in [3.05, 3.63) is 157 Å². The number of benzene rings is 7. The molecule has 0 N–H and O–H groups in total. The second kappa shape index (κ2) is 10.2. The molecule has 0 spiro atoms. The van der Waals surface area contributed by atoms with Gasteiger partial charge < -0.3 is 13.6 Å². The summed E-state index contributed by atoms with van der Waals surface area (Å²) in [6.45, 7) is 0. The second-order valence-corrected chi connectivity index (χ2v) is 12.4. The molecule has 10 aromatic rings. The zero-order chi connectivity index (χ0) is 32.6. The molecule has 0 bridgehead atoms. The Morgan fingerprint density at radius 1 is 0.490 bits per heavy atom. The average molecular weight is 625 g/mol. The molecule has 10 rings (SSSR count). The van der Waals surface area contributed by atoms with Crippen molar-refractivity contribution in [3.8, 4) is 34.6 Å². The van der Waals surface area contributed by atoms with E-state index >= 15 is 0 Å². The molecule has 5 nitrogen and oxygen atoms in total. The highest BCUT2D eigenvalue weighted by molar-refractivity contribution is 6.22. The van der Waals surface area contributed by atoms with Gasteiger partial charge in [0.25, 0.3) is 0 Å². The zero-order valence-electron chi connectivity index (χ0n) is 26.1. The summed E-state index contributed by atoms with van der Waals surface area (Å²) in [5, 5.41) is 27.5. The van der Waals surface area contributed by atoms with Crippen LogP contribution in [0.1, 0.15) is 11.1 Å². The van der Waals surface area contributed by atoms with Crippen LogP contribution in [0.25, 0.3) is 88.1 Å². The molecule has 226 valence electrons. The van der Waals surface area contributed by atoms with Gasteiger partial charge in [0, 0.05) is 43.6 Å². The molecule has 0 unspecified atom stereocenters. The first kappa shape index (κ1) is 27.1. The molecule has 7 aromatic carbocycles. The predicted molar refractivity (Wildman–Crippen MR) is 197 cm³/mol. The minimum absolute atomic E-state index is 0.522. The van der Waals surface area contributed by atoms with Crippen molar-refractivity contribution in [2.24, 2.45) is 0 Å². The van der Waals surface area contributed by atoms with E-state index in [-0.39, 0.29) is 0 Å². The summed E-state index contributed by atoms with van der Waals surface area (Å²) in [7, 11) is 0.